The third-order valence-corrected chi connectivity index (χ3v) is 5.86. The standard InChI is InChI=1S/C25H30FN3O3/c1-5-6-17-7-9-18(10-8-17)22(16(2)3)27-21(30)15-29-23(31)25(4,28-24(29)32)19-11-13-20(26)14-12-19/h7-14,16,22H,5-6,15H2,1-4H3,(H,27,30)(H,28,32). The number of hydrogen-bond acceptors (Lipinski definition) is 3. The molecule has 1 aliphatic heterocycles. The molecule has 170 valence electrons. The predicted molar refractivity (Wildman–Crippen MR) is 120 cm³/mol. The number of nitrogens with zero attached hydrogens (tertiary/aromatic N) is 1. The SMILES string of the molecule is CCCc1ccc(C(NC(=O)CN2C(=O)NC(C)(c3ccc(F)cc3)C2=O)C(C)C)cc1. The van der Waals surface area contributed by atoms with E-state index in [1.165, 1.54) is 29.8 Å². The molecule has 3 rings (SSSR count). The third kappa shape index (κ3) is 4.82. The molecular formula is C25H30FN3O3. The first-order valence-electron chi connectivity index (χ1n) is 10.9. The predicted octanol–water partition coefficient (Wildman–Crippen LogP) is 4.06. The van der Waals surface area contributed by atoms with Gasteiger partial charge in [-0.1, -0.05) is 63.6 Å². The number of halogens is 1. The van der Waals surface area contributed by atoms with Gasteiger partial charge in [0.15, 0.2) is 0 Å². The van der Waals surface area contributed by atoms with Gasteiger partial charge in [0.25, 0.3) is 5.91 Å². The van der Waals surface area contributed by atoms with Crippen LogP contribution in [0, 0.1) is 11.7 Å². The monoisotopic (exact) mass is 439 g/mol. The van der Waals surface area contributed by atoms with E-state index < -0.39 is 35.7 Å². The van der Waals surface area contributed by atoms with E-state index >= 15 is 0 Å². The molecule has 1 heterocycles. The molecule has 1 fully saturated rings. The van der Waals surface area contributed by atoms with Crippen LogP contribution in [0.15, 0.2) is 48.5 Å². The second-order valence-electron chi connectivity index (χ2n) is 8.73. The zero-order valence-corrected chi connectivity index (χ0v) is 18.9. The summed E-state index contributed by atoms with van der Waals surface area (Å²) < 4.78 is 13.3. The molecule has 4 amide bonds. The lowest BCUT2D eigenvalue weighted by atomic mass is 9.92. The van der Waals surface area contributed by atoms with E-state index in [9.17, 15) is 18.8 Å². The second-order valence-corrected chi connectivity index (χ2v) is 8.73. The van der Waals surface area contributed by atoms with Crippen LogP contribution in [0.3, 0.4) is 0 Å². The van der Waals surface area contributed by atoms with Gasteiger partial charge in [0.1, 0.15) is 17.9 Å². The Morgan fingerprint density at radius 2 is 1.72 bits per heavy atom. The van der Waals surface area contributed by atoms with Gasteiger partial charge in [-0.2, -0.15) is 0 Å². The fraction of sp³-hybridized carbons (Fsp3) is 0.400. The number of carbonyl (C=O) groups is 3. The average molecular weight is 440 g/mol. The lowest BCUT2D eigenvalue weighted by molar-refractivity contribution is -0.135. The van der Waals surface area contributed by atoms with Crippen LogP contribution < -0.4 is 10.6 Å². The molecule has 32 heavy (non-hydrogen) atoms. The molecule has 2 atom stereocenters. The first-order chi connectivity index (χ1) is 15.2. The number of aryl methyl sites for hydroxylation is 1. The zero-order valence-electron chi connectivity index (χ0n) is 18.9. The van der Waals surface area contributed by atoms with Crippen LogP contribution in [-0.4, -0.2) is 29.3 Å². The van der Waals surface area contributed by atoms with Gasteiger partial charge in [0, 0.05) is 0 Å². The van der Waals surface area contributed by atoms with Crippen molar-refractivity contribution in [3.8, 4) is 0 Å². The van der Waals surface area contributed by atoms with Crippen molar-refractivity contribution in [2.24, 2.45) is 5.92 Å². The average Bonchev–Trinajstić information content (AvgIpc) is 2.97. The summed E-state index contributed by atoms with van der Waals surface area (Å²) in [7, 11) is 0. The minimum absolute atomic E-state index is 0.114. The molecule has 0 bridgehead atoms. The molecule has 0 saturated carbocycles. The van der Waals surface area contributed by atoms with Gasteiger partial charge in [-0.25, -0.2) is 9.18 Å². The Bertz CT molecular complexity index is 988. The quantitative estimate of drug-likeness (QED) is 0.609. The number of urea groups is 1. The summed E-state index contributed by atoms with van der Waals surface area (Å²) in [5.41, 5.74) is 1.32. The van der Waals surface area contributed by atoms with E-state index in [0.717, 1.165) is 23.3 Å². The van der Waals surface area contributed by atoms with Crippen LogP contribution >= 0.6 is 0 Å². The highest BCUT2D eigenvalue weighted by Crippen LogP contribution is 2.29. The molecule has 0 radical (unpaired) electrons. The van der Waals surface area contributed by atoms with Crippen molar-refractivity contribution < 1.29 is 18.8 Å². The Labute approximate surface area is 188 Å². The van der Waals surface area contributed by atoms with E-state index in [2.05, 4.69) is 29.7 Å². The Kier molecular flexibility index (Phi) is 6.96. The molecule has 2 unspecified atom stereocenters. The molecular weight excluding hydrogens is 409 g/mol. The molecule has 0 aliphatic carbocycles. The number of nitrogens with one attached hydrogen (secondary N) is 2. The molecule has 7 heteroatoms. The van der Waals surface area contributed by atoms with Crippen molar-refractivity contribution in [1.82, 2.24) is 15.5 Å². The van der Waals surface area contributed by atoms with Gasteiger partial charge < -0.3 is 10.6 Å². The minimum atomic E-state index is -1.35. The van der Waals surface area contributed by atoms with Crippen molar-refractivity contribution in [2.45, 2.75) is 52.1 Å². The Balaban J connectivity index is 1.71. The van der Waals surface area contributed by atoms with E-state index in [1.807, 2.05) is 26.0 Å². The van der Waals surface area contributed by atoms with Gasteiger partial charge in [-0.05, 0) is 48.1 Å². The van der Waals surface area contributed by atoms with Crippen LogP contribution in [-0.2, 0) is 21.5 Å². The number of carbonyl (C=O) groups excluding carboxylic acids is 3. The Hall–Kier alpha value is -3.22. The summed E-state index contributed by atoms with van der Waals surface area (Å²) in [4.78, 5) is 39.2. The van der Waals surface area contributed by atoms with Crippen LogP contribution in [0.4, 0.5) is 9.18 Å². The summed E-state index contributed by atoms with van der Waals surface area (Å²) >= 11 is 0. The van der Waals surface area contributed by atoms with Crippen LogP contribution in [0.5, 0.6) is 0 Å². The highest BCUT2D eigenvalue weighted by Gasteiger charge is 2.49. The molecule has 0 aromatic heterocycles. The normalized spacial score (nSPS) is 19.2. The zero-order chi connectivity index (χ0) is 23.5. The maximum Gasteiger partial charge on any atom is 0.325 e. The van der Waals surface area contributed by atoms with Crippen molar-refractivity contribution in [3.05, 3.63) is 71.0 Å². The first-order valence-corrected chi connectivity index (χ1v) is 10.9. The molecule has 0 spiro atoms. The fourth-order valence-corrected chi connectivity index (χ4v) is 4.00. The minimum Gasteiger partial charge on any atom is -0.347 e. The summed E-state index contributed by atoms with van der Waals surface area (Å²) in [5.74, 6) is -1.29. The lowest BCUT2D eigenvalue weighted by Crippen LogP contribution is -2.44. The molecule has 2 aromatic carbocycles. The number of hydrogen-bond donors (Lipinski definition) is 2. The van der Waals surface area contributed by atoms with E-state index in [4.69, 9.17) is 0 Å². The number of benzene rings is 2. The van der Waals surface area contributed by atoms with Crippen molar-refractivity contribution in [1.29, 1.82) is 0 Å². The largest absolute Gasteiger partial charge is 0.347 e. The topological polar surface area (TPSA) is 78.5 Å². The summed E-state index contributed by atoms with van der Waals surface area (Å²) in [6.07, 6.45) is 2.06. The van der Waals surface area contributed by atoms with Crippen molar-refractivity contribution in [3.63, 3.8) is 0 Å². The van der Waals surface area contributed by atoms with E-state index in [-0.39, 0.29) is 12.0 Å². The van der Waals surface area contributed by atoms with Gasteiger partial charge in [0.05, 0.1) is 6.04 Å². The van der Waals surface area contributed by atoms with Gasteiger partial charge in [-0.15, -0.1) is 0 Å². The Morgan fingerprint density at radius 1 is 1.09 bits per heavy atom. The smallest absolute Gasteiger partial charge is 0.325 e. The van der Waals surface area contributed by atoms with Gasteiger partial charge in [-0.3, -0.25) is 14.5 Å². The lowest BCUT2D eigenvalue weighted by Gasteiger charge is -2.25. The van der Waals surface area contributed by atoms with E-state index in [1.54, 1.807) is 6.92 Å². The first kappa shape index (κ1) is 23.4. The van der Waals surface area contributed by atoms with Crippen molar-refractivity contribution >= 4 is 17.8 Å². The number of amides is 4. The molecule has 1 aliphatic rings. The third-order valence-electron chi connectivity index (χ3n) is 5.86. The summed E-state index contributed by atoms with van der Waals surface area (Å²) in [5, 5.41) is 5.60. The van der Waals surface area contributed by atoms with Crippen LogP contribution in [0.25, 0.3) is 0 Å². The Morgan fingerprint density at radius 3 is 2.28 bits per heavy atom. The maximum absolute atomic E-state index is 13.3. The maximum atomic E-state index is 13.3. The molecule has 2 aromatic rings. The number of imide groups is 1. The summed E-state index contributed by atoms with van der Waals surface area (Å²) in [6.45, 7) is 7.29. The molecule has 1 saturated heterocycles. The molecule has 2 N–H and O–H groups in total. The van der Waals surface area contributed by atoms with Gasteiger partial charge in [0.2, 0.25) is 5.91 Å². The highest BCUT2D eigenvalue weighted by molar-refractivity contribution is 6.09. The van der Waals surface area contributed by atoms with Crippen LogP contribution in [0.2, 0.25) is 0 Å². The number of rotatable bonds is 8. The highest BCUT2D eigenvalue weighted by atomic mass is 19.1. The van der Waals surface area contributed by atoms with Gasteiger partial charge >= 0.3 is 6.03 Å². The fourth-order valence-electron chi connectivity index (χ4n) is 4.00. The van der Waals surface area contributed by atoms with E-state index in [0.29, 0.717) is 5.56 Å². The molecule has 6 nitrogen and oxygen atoms in total. The van der Waals surface area contributed by atoms with Crippen molar-refractivity contribution in [2.75, 3.05) is 6.54 Å². The summed E-state index contributed by atoms with van der Waals surface area (Å²) in [6, 6.07) is 12.6. The van der Waals surface area contributed by atoms with Crippen LogP contribution in [0.1, 0.15) is 56.8 Å². The second kappa shape index (κ2) is 9.51.